The third-order valence-electron chi connectivity index (χ3n) is 7.08. The maximum absolute atomic E-state index is 12.4. The van der Waals surface area contributed by atoms with Crippen LogP contribution in [-0.2, 0) is 10.2 Å². The second-order valence-corrected chi connectivity index (χ2v) is 9.36. The van der Waals surface area contributed by atoms with Gasteiger partial charge in [0.15, 0.2) is 11.5 Å². The summed E-state index contributed by atoms with van der Waals surface area (Å²) < 4.78 is 17.7. The molecule has 0 heterocycles. The molecule has 27 heavy (non-hydrogen) atoms. The monoisotopic (exact) mass is 374 g/mol. The molecule has 0 N–H and O–H groups in total. The van der Waals surface area contributed by atoms with E-state index in [1.165, 1.54) is 0 Å². The number of aldehydes is 1. The molecule has 0 bridgehead atoms. The first kappa shape index (κ1) is 20.0. The Hall–Kier alpha value is -1.71. The summed E-state index contributed by atoms with van der Waals surface area (Å²) in [4.78, 5) is 12.4. The zero-order chi connectivity index (χ0) is 20.1. The summed E-state index contributed by atoms with van der Waals surface area (Å²) in [6, 6.07) is 0. The van der Waals surface area contributed by atoms with E-state index in [0.29, 0.717) is 0 Å². The van der Waals surface area contributed by atoms with Crippen molar-refractivity contribution in [3.8, 4) is 17.2 Å². The van der Waals surface area contributed by atoms with Crippen molar-refractivity contribution in [2.45, 2.75) is 71.1 Å². The van der Waals surface area contributed by atoms with Crippen molar-refractivity contribution in [3.63, 3.8) is 0 Å². The maximum atomic E-state index is 12.4. The fraction of sp³-hybridized carbons (Fsp3) is 0.696. The number of rotatable bonds is 5. The topological polar surface area (TPSA) is 44.8 Å². The number of benzene rings is 1. The van der Waals surface area contributed by atoms with E-state index in [4.69, 9.17) is 14.2 Å². The van der Waals surface area contributed by atoms with E-state index in [0.717, 1.165) is 59.5 Å². The van der Waals surface area contributed by atoms with Crippen LogP contribution in [0, 0.1) is 11.3 Å². The van der Waals surface area contributed by atoms with Gasteiger partial charge in [-0.2, -0.15) is 0 Å². The lowest BCUT2D eigenvalue weighted by atomic mass is 9.55. The second kappa shape index (κ2) is 6.72. The first-order chi connectivity index (χ1) is 12.7. The molecule has 0 aliphatic heterocycles. The fourth-order valence-electron chi connectivity index (χ4n) is 6.31. The molecule has 0 aromatic heterocycles. The van der Waals surface area contributed by atoms with Gasteiger partial charge in [0.05, 0.1) is 21.3 Å². The highest BCUT2D eigenvalue weighted by atomic mass is 16.5. The standard InChI is InChI=1S/C23H34O4/c1-13(2)15-18(25-6)16-14(12-24)21-22(3,4)10-9-11-23(21,5)17(16)20(27-8)19(15)26-7/h12-14,21H,9-11H2,1-8H3/t14-,21-,23+/m0/s1. The SMILES string of the molecule is COc1c(OC)c2c(c(OC)c1C(C)C)[C@H](C=O)[C@H]1C(C)(C)CCC[C@]21C. The quantitative estimate of drug-likeness (QED) is 0.663. The van der Waals surface area contributed by atoms with Crippen LogP contribution in [0.2, 0.25) is 0 Å². The Labute approximate surface area is 163 Å². The number of hydrogen-bond acceptors (Lipinski definition) is 4. The summed E-state index contributed by atoms with van der Waals surface area (Å²) in [7, 11) is 5.09. The van der Waals surface area contributed by atoms with Crippen molar-refractivity contribution in [3.05, 3.63) is 16.7 Å². The molecule has 1 aromatic carbocycles. The summed E-state index contributed by atoms with van der Waals surface area (Å²) in [5.41, 5.74) is 3.07. The molecule has 0 saturated heterocycles. The number of carbonyl (C=O) groups is 1. The third kappa shape index (κ3) is 2.59. The van der Waals surface area contributed by atoms with Crippen molar-refractivity contribution in [1.82, 2.24) is 0 Å². The predicted octanol–water partition coefficient (Wildman–Crippen LogP) is 5.22. The van der Waals surface area contributed by atoms with Crippen LogP contribution in [0.15, 0.2) is 0 Å². The van der Waals surface area contributed by atoms with Crippen LogP contribution in [0.1, 0.15) is 82.4 Å². The van der Waals surface area contributed by atoms with Crippen LogP contribution < -0.4 is 14.2 Å². The Bertz CT molecular complexity index is 749. The lowest BCUT2D eigenvalue weighted by Gasteiger charge is -2.49. The molecule has 150 valence electrons. The van der Waals surface area contributed by atoms with E-state index >= 15 is 0 Å². The van der Waals surface area contributed by atoms with Crippen molar-refractivity contribution in [1.29, 1.82) is 0 Å². The Morgan fingerprint density at radius 2 is 1.56 bits per heavy atom. The predicted molar refractivity (Wildman–Crippen MR) is 107 cm³/mol. The van der Waals surface area contributed by atoms with Gasteiger partial charge in [0.1, 0.15) is 12.0 Å². The number of fused-ring (bicyclic) bond motifs is 3. The van der Waals surface area contributed by atoms with Crippen LogP contribution >= 0.6 is 0 Å². The molecule has 0 amide bonds. The molecule has 3 rings (SSSR count). The van der Waals surface area contributed by atoms with Gasteiger partial charge in [0, 0.05) is 28.0 Å². The average Bonchev–Trinajstić information content (AvgIpc) is 2.89. The van der Waals surface area contributed by atoms with E-state index in [9.17, 15) is 4.79 Å². The van der Waals surface area contributed by atoms with Crippen molar-refractivity contribution >= 4 is 6.29 Å². The lowest BCUT2D eigenvalue weighted by Crippen LogP contribution is -2.44. The van der Waals surface area contributed by atoms with Crippen LogP contribution in [0.5, 0.6) is 17.2 Å². The van der Waals surface area contributed by atoms with E-state index in [1.54, 1.807) is 21.3 Å². The first-order valence-electron chi connectivity index (χ1n) is 10.0. The normalized spacial score (nSPS) is 28.5. The largest absolute Gasteiger partial charge is 0.496 e. The molecule has 2 aliphatic carbocycles. The number of methoxy groups -OCH3 is 3. The van der Waals surface area contributed by atoms with Gasteiger partial charge in [-0.15, -0.1) is 0 Å². The second-order valence-electron chi connectivity index (χ2n) is 9.36. The van der Waals surface area contributed by atoms with Crippen LogP contribution in [0.3, 0.4) is 0 Å². The Morgan fingerprint density at radius 1 is 0.963 bits per heavy atom. The van der Waals surface area contributed by atoms with Crippen LogP contribution in [-0.4, -0.2) is 27.6 Å². The number of carbonyl (C=O) groups excluding carboxylic acids is 1. The van der Waals surface area contributed by atoms with Crippen LogP contribution in [0.25, 0.3) is 0 Å². The summed E-state index contributed by atoms with van der Waals surface area (Å²) in [6.07, 6.45) is 4.46. The van der Waals surface area contributed by atoms with E-state index in [-0.39, 0.29) is 28.6 Å². The highest BCUT2D eigenvalue weighted by molar-refractivity contribution is 5.78. The molecule has 0 radical (unpaired) electrons. The fourth-order valence-corrected chi connectivity index (χ4v) is 6.31. The average molecular weight is 375 g/mol. The Morgan fingerprint density at radius 3 is 2.04 bits per heavy atom. The maximum Gasteiger partial charge on any atom is 0.168 e. The highest BCUT2D eigenvalue weighted by Gasteiger charge is 2.59. The van der Waals surface area contributed by atoms with Gasteiger partial charge in [-0.3, -0.25) is 0 Å². The molecular weight excluding hydrogens is 340 g/mol. The molecule has 2 aliphatic rings. The zero-order valence-electron chi connectivity index (χ0n) is 18.1. The minimum Gasteiger partial charge on any atom is -0.496 e. The Balaban J connectivity index is 2.48. The zero-order valence-corrected chi connectivity index (χ0v) is 18.1. The molecule has 1 fully saturated rings. The minimum atomic E-state index is -0.187. The Kier molecular flexibility index (Phi) is 4.98. The van der Waals surface area contributed by atoms with E-state index < -0.39 is 0 Å². The molecule has 0 unspecified atom stereocenters. The smallest absolute Gasteiger partial charge is 0.168 e. The van der Waals surface area contributed by atoms with Crippen molar-refractivity contribution in [2.75, 3.05) is 21.3 Å². The van der Waals surface area contributed by atoms with E-state index in [1.807, 2.05) is 0 Å². The molecule has 0 spiro atoms. The molecule has 3 atom stereocenters. The molecule has 4 nitrogen and oxygen atoms in total. The summed E-state index contributed by atoms with van der Waals surface area (Å²) in [5.74, 6) is 2.56. The van der Waals surface area contributed by atoms with Gasteiger partial charge in [0.2, 0.25) is 0 Å². The summed E-state index contributed by atoms with van der Waals surface area (Å²) >= 11 is 0. The highest BCUT2D eigenvalue weighted by Crippen LogP contribution is 2.68. The molecule has 4 heteroatoms. The molecular formula is C23H34O4. The lowest BCUT2D eigenvalue weighted by molar-refractivity contribution is -0.112. The van der Waals surface area contributed by atoms with E-state index in [2.05, 4.69) is 34.6 Å². The van der Waals surface area contributed by atoms with Crippen LogP contribution in [0.4, 0.5) is 0 Å². The van der Waals surface area contributed by atoms with Gasteiger partial charge in [-0.05, 0) is 30.1 Å². The van der Waals surface area contributed by atoms with Gasteiger partial charge in [-0.1, -0.05) is 41.0 Å². The molecule has 1 aromatic rings. The summed E-state index contributed by atoms with van der Waals surface area (Å²) in [6.45, 7) is 11.1. The van der Waals surface area contributed by atoms with Gasteiger partial charge >= 0.3 is 0 Å². The third-order valence-corrected chi connectivity index (χ3v) is 7.08. The minimum absolute atomic E-state index is 0.0683. The van der Waals surface area contributed by atoms with Crippen molar-refractivity contribution in [2.24, 2.45) is 11.3 Å². The van der Waals surface area contributed by atoms with Gasteiger partial charge in [-0.25, -0.2) is 0 Å². The summed E-state index contributed by atoms with van der Waals surface area (Å²) in [5, 5.41) is 0. The van der Waals surface area contributed by atoms with Crippen molar-refractivity contribution < 1.29 is 19.0 Å². The number of ether oxygens (including phenoxy) is 3. The first-order valence-corrected chi connectivity index (χ1v) is 10.0. The van der Waals surface area contributed by atoms with Gasteiger partial charge in [0.25, 0.3) is 0 Å². The number of hydrogen-bond donors (Lipinski definition) is 0. The molecule has 1 saturated carbocycles. The van der Waals surface area contributed by atoms with Gasteiger partial charge < -0.3 is 19.0 Å².